The number of hydrogen-bond acceptors (Lipinski definition) is 2. The van der Waals surface area contributed by atoms with E-state index in [1.807, 2.05) is 70.2 Å². The van der Waals surface area contributed by atoms with Gasteiger partial charge in [-0.25, -0.2) is 0 Å². The molecule has 1 aliphatic carbocycles. The van der Waals surface area contributed by atoms with Crippen LogP contribution in [-0.4, -0.2) is 29.6 Å². The number of ketones is 1. The number of fused-ring (bicyclic) bond motifs is 1. The van der Waals surface area contributed by atoms with Crippen molar-refractivity contribution >= 4 is 11.6 Å². The molecule has 0 amide bonds. The lowest BCUT2D eigenvalue weighted by molar-refractivity contribution is -0.125. The van der Waals surface area contributed by atoms with Crippen LogP contribution in [0.1, 0.15) is 63.1 Å². The van der Waals surface area contributed by atoms with Crippen LogP contribution in [0.4, 0.5) is 0 Å². The molecule has 3 atom stereocenters. The van der Waals surface area contributed by atoms with E-state index in [-0.39, 0.29) is 5.92 Å². The fourth-order valence-electron chi connectivity index (χ4n) is 5.03. The fourth-order valence-corrected chi connectivity index (χ4v) is 5.03. The maximum absolute atomic E-state index is 12.5. The van der Waals surface area contributed by atoms with E-state index in [1.165, 1.54) is 22.3 Å². The Kier molecular flexibility index (Phi) is 12.1. The number of nitrogens with zero attached hydrogens (tertiary/aromatic N) is 1. The molecule has 2 aromatic carbocycles. The zero-order valence-corrected chi connectivity index (χ0v) is 22.8. The molecule has 2 fully saturated rings. The molecule has 1 N–H and O–H groups in total. The largest absolute Gasteiger partial charge is 0.359 e. The van der Waals surface area contributed by atoms with Crippen molar-refractivity contribution in [2.24, 2.45) is 11.8 Å². The smallest absolute Gasteiger partial charge is 0.138 e. The van der Waals surface area contributed by atoms with E-state index < -0.39 is 0 Å². The topological polar surface area (TPSA) is 44.2 Å². The number of amidine groups is 1. The number of rotatable bonds is 5. The van der Waals surface area contributed by atoms with Gasteiger partial charge >= 0.3 is 0 Å². The molecular weight excluding hydrogens is 440 g/mol. The highest BCUT2D eigenvalue weighted by molar-refractivity contribution is 5.86. The Morgan fingerprint density at radius 3 is 2.36 bits per heavy atom. The quantitative estimate of drug-likeness (QED) is 0.266. The van der Waals surface area contributed by atoms with Crippen molar-refractivity contribution in [3.63, 3.8) is 0 Å². The van der Waals surface area contributed by atoms with Crippen LogP contribution in [-0.2, 0) is 11.2 Å². The first-order chi connectivity index (χ1) is 17.4. The molecule has 1 saturated heterocycles. The minimum atomic E-state index is 0.0891. The second-order valence-corrected chi connectivity index (χ2v) is 9.39. The monoisotopic (exact) mass is 484 g/mol. The summed E-state index contributed by atoms with van der Waals surface area (Å²) in [7, 11) is 0. The third kappa shape index (κ3) is 7.91. The van der Waals surface area contributed by atoms with Crippen LogP contribution < -0.4 is 0 Å². The number of allylic oxidation sites excluding steroid dienone is 5. The van der Waals surface area contributed by atoms with E-state index in [0.717, 1.165) is 19.5 Å². The van der Waals surface area contributed by atoms with E-state index in [4.69, 9.17) is 5.41 Å². The second kappa shape index (κ2) is 15.0. The molecule has 1 heterocycles. The fraction of sp³-hybridized carbons (Fsp3) is 0.394. The van der Waals surface area contributed by atoms with Gasteiger partial charge in [-0.3, -0.25) is 10.2 Å². The Hall–Kier alpha value is -3.20. The number of benzene rings is 2. The van der Waals surface area contributed by atoms with Crippen molar-refractivity contribution in [2.45, 2.75) is 59.8 Å². The average molecular weight is 485 g/mol. The maximum Gasteiger partial charge on any atom is 0.138 e. The van der Waals surface area contributed by atoms with Gasteiger partial charge in [0.2, 0.25) is 0 Å². The Balaban J connectivity index is 0.000000392. The van der Waals surface area contributed by atoms with Crippen LogP contribution in [0.15, 0.2) is 91.1 Å². The van der Waals surface area contributed by atoms with Gasteiger partial charge in [0, 0.05) is 31.8 Å². The van der Waals surface area contributed by atoms with Gasteiger partial charge < -0.3 is 4.90 Å². The third-order valence-electron chi connectivity index (χ3n) is 7.10. The first-order valence-corrected chi connectivity index (χ1v) is 13.3. The molecule has 0 aromatic heterocycles. The van der Waals surface area contributed by atoms with Gasteiger partial charge in [-0.15, -0.1) is 0 Å². The van der Waals surface area contributed by atoms with Gasteiger partial charge in [-0.2, -0.15) is 0 Å². The summed E-state index contributed by atoms with van der Waals surface area (Å²) in [6.45, 7) is 15.3. The molecule has 1 aliphatic heterocycles. The van der Waals surface area contributed by atoms with Crippen LogP contribution in [0.2, 0.25) is 0 Å². The van der Waals surface area contributed by atoms with Crippen molar-refractivity contribution in [2.75, 3.05) is 13.1 Å². The predicted molar refractivity (Wildman–Crippen MR) is 155 cm³/mol. The van der Waals surface area contributed by atoms with Gasteiger partial charge in [0.05, 0.1) is 0 Å². The average Bonchev–Trinajstić information content (AvgIpc) is 3.37. The van der Waals surface area contributed by atoms with E-state index in [1.54, 1.807) is 0 Å². The number of nitrogens with one attached hydrogen (secondary N) is 1. The third-order valence-corrected chi connectivity index (χ3v) is 7.10. The van der Waals surface area contributed by atoms with Gasteiger partial charge in [-0.1, -0.05) is 105 Å². The van der Waals surface area contributed by atoms with Crippen LogP contribution >= 0.6 is 0 Å². The second-order valence-electron chi connectivity index (χ2n) is 9.39. The molecule has 1 saturated carbocycles. The molecule has 0 spiro atoms. The molecule has 3 heteroatoms. The number of Topliss-reactive ketones (excluding diaryl/α,β-unsaturated/α-hetero) is 1. The van der Waals surface area contributed by atoms with Crippen LogP contribution in [0.5, 0.6) is 0 Å². The lowest BCUT2D eigenvalue weighted by Crippen LogP contribution is -2.32. The molecule has 2 aliphatic rings. The Morgan fingerprint density at radius 2 is 1.72 bits per heavy atom. The number of carbonyl (C=O) groups is 1. The van der Waals surface area contributed by atoms with E-state index >= 15 is 0 Å². The van der Waals surface area contributed by atoms with Crippen LogP contribution in [0, 0.1) is 24.2 Å². The zero-order chi connectivity index (χ0) is 26.5. The summed E-state index contributed by atoms with van der Waals surface area (Å²) in [5, 5.41) is 8.62. The van der Waals surface area contributed by atoms with Crippen molar-refractivity contribution in [3.8, 4) is 0 Å². The summed E-state index contributed by atoms with van der Waals surface area (Å²) in [6.07, 6.45) is 10.1. The Morgan fingerprint density at radius 1 is 1.06 bits per heavy atom. The zero-order valence-electron chi connectivity index (χ0n) is 22.8. The Bertz CT molecular complexity index is 1050. The van der Waals surface area contributed by atoms with Gasteiger partial charge in [0.25, 0.3) is 0 Å². The van der Waals surface area contributed by atoms with Crippen LogP contribution in [0.25, 0.3) is 0 Å². The minimum absolute atomic E-state index is 0.0891. The molecule has 192 valence electrons. The highest BCUT2D eigenvalue weighted by Crippen LogP contribution is 2.43. The molecule has 3 unspecified atom stereocenters. The van der Waals surface area contributed by atoms with Crippen molar-refractivity contribution in [1.29, 1.82) is 5.41 Å². The summed E-state index contributed by atoms with van der Waals surface area (Å²) in [4.78, 5) is 14.7. The van der Waals surface area contributed by atoms with E-state index in [0.29, 0.717) is 36.3 Å². The number of aryl methyl sites for hydroxylation is 1. The molecular formula is C33H44N2O. The van der Waals surface area contributed by atoms with Crippen molar-refractivity contribution in [1.82, 2.24) is 4.90 Å². The highest BCUT2D eigenvalue weighted by Gasteiger charge is 2.45. The lowest BCUT2D eigenvalue weighted by atomic mass is 9.70. The highest BCUT2D eigenvalue weighted by atomic mass is 16.1. The van der Waals surface area contributed by atoms with Crippen molar-refractivity contribution < 1.29 is 4.79 Å². The molecule has 0 bridgehead atoms. The summed E-state index contributed by atoms with van der Waals surface area (Å²) in [6, 6.07) is 18.9. The first kappa shape index (κ1) is 29.0. The van der Waals surface area contributed by atoms with Gasteiger partial charge in [0.15, 0.2) is 0 Å². The summed E-state index contributed by atoms with van der Waals surface area (Å²) >= 11 is 0. The maximum atomic E-state index is 12.5. The molecule has 4 rings (SSSR count). The molecule has 0 radical (unpaired) electrons. The summed E-state index contributed by atoms with van der Waals surface area (Å²) in [5.41, 5.74) is 4.98. The van der Waals surface area contributed by atoms with Crippen molar-refractivity contribution in [3.05, 3.63) is 108 Å². The number of likely N-dealkylation sites (tertiary alicyclic amines) is 1. The number of hydrogen-bond donors (Lipinski definition) is 1. The normalized spacial score (nSPS) is 21.1. The molecule has 36 heavy (non-hydrogen) atoms. The number of carbonyl (C=O) groups excluding carboxylic acids is 1. The van der Waals surface area contributed by atoms with E-state index in [2.05, 4.69) is 54.8 Å². The summed E-state index contributed by atoms with van der Waals surface area (Å²) in [5.74, 6) is 1.92. The van der Waals surface area contributed by atoms with Crippen LogP contribution in [0.3, 0.4) is 0 Å². The predicted octanol–water partition coefficient (Wildman–Crippen LogP) is 7.93. The Labute approximate surface area is 219 Å². The lowest BCUT2D eigenvalue weighted by Gasteiger charge is -2.32. The summed E-state index contributed by atoms with van der Waals surface area (Å²) < 4.78 is 0. The van der Waals surface area contributed by atoms with Gasteiger partial charge in [-0.05, 0) is 55.7 Å². The first-order valence-electron chi connectivity index (χ1n) is 13.3. The van der Waals surface area contributed by atoms with Gasteiger partial charge in [0.1, 0.15) is 11.6 Å². The SMILES string of the molecule is C=C/C(C)=C\C=C/C.CC.Cc1ccccc1CC(=N)N1CC2C(=O)CCC(c3ccccc3)C2C1. The van der Waals surface area contributed by atoms with E-state index in [9.17, 15) is 4.79 Å². The minimum Gasteiger partial charge on any atom is -0.359 e. The molecule has 3 nitrogen and oxygen atoms in total. The molecule has 2 aromatic rings. The standard InChI is InChI=1S/C23H26N2O.C8H12.C2H6/c1-16-7-5-6-10-18(16)13-23(24)25-14-20-19(17-8-3-2-4-9-17)11-12-22(26)21(20)15-25;1-4-6-7-8(3)5-2;1-2/h2-10,19-21,24H,11-15H2,1H3;4-7H,2H2,1,3H3;1-2H3/b;6-4-,8-7-;.